The quantitative estimate of drug-likeness (QED) is 0.214. The second kappa shape index (κ2) is 7.22. The van der Waals surface area contributed by atoms with E-state index < -0.39 is 0 Å². The van der Waals surface area contributed by atoms with Crippen molar-refractivity contribution in [3.63, 3.8) is 0 Å². The number of rotatable bonds is 2. The molecule has 0 bridgehead atoms. The molecule has 0 unspecified atom stereocenters. The molecule has 2 nitrogen and oxygen atoms in total. The van der Waals surface area contributed by atoms with Crippen LogP contribution in [-0.2, 0) is 0 Å². The van der Waals surface area contributed by atoms with Gasteiger partial charge in [-0.15, -0.1) is 0 Å². The number of H-pyrrole nitrogens is 1. The lowest BCUT2D eigenvalue weighted by atomic mass is 10.0. The van der Waals surface area contributed by atoms with Crippen molar-refractivity contribution >= 4 is 66.2 Å². The molecular formula is C30H19IN2. The smallest absolute Gasteiger partial charge is 0.0641 e. The van der Waals surface area contributed by atoms with E-state index in [-0.39, 0.29) is 0 Å². The molecule has 0 aliphatic heterocycles. The molecule has 0 saturated heterocycles. The Labute approximate surface area is 204 Å². The number of aromatic nitrogens is 2. The Morgan fingerprint density at radius 3 is 2.12 bits per heavy atom. The normalized spacial score (nSPS) is 11.8. The molecule has 33 heavy (non-hydrogen) atoms. The molecule has 0 saturated carbocycles. The number of benzene rings is 5. The van der Waals surface area contributed by atoms with Crippen LogP contribution in [0.1, 0.15) is 0 Å². The highest BCUT2D eigenvalue weighted by molar-refractivity contribution is 14.1. The van der Waals surface area contributed by atoms with Crippen LogP contribution in [0.4, 0.5) is 0 Å². The summed E-state index contributed by atoms with van der Waals surface area (Å²) < 4.78 is 3.70. The first-order valence-corrected chi connectivity index (χ1v) is 12.2. The van der Waals surface area contributed by atoms with Crippen molar-refractivity contribution in [1.82, 2.24) is 9.55 Å². The van der Waals surface area contributed by atoms with Crippen LogP contribution in [-0.4, -0.2) is 9.55 Å². The van der Waals surface area contributed by atoms with Gasteiger partial charge in [-0.3, -0.25) is 0 Å². The molecule has 0 aliphatic carbocycles. The lowest BCUT2D eigenvalue weighted by Crippen LogP contribution is -1.96. The highest BCUT2D eigenvalue weighted by Crippen LogP contribution is 2.42. The van der Waals surface area contributed by atoms with Crippen molar-refractivity contribution in [3.8, 4) is 16.8 Å². The second-order valence-electron chi connectivity index (χ2n) is 8.43. The fourth-order valence-electron chi connectivity index (χ4n) is 5.19. The summed E-state index contributed by atoms with van der Waals surface area (Å²) in [6.45, 7) is 0. The standard InChI is InChI=1S/C30H19IN2/c31-20-13-15-21(16-14-20)33-29-22(19-7-2-1-3-8-19)10-6-11-23(29)24-17-18-27-28(30(24)33)25-9-4-5-12-26(25)32-27/h1-18,32H. The predicted molar refractivity (Wildman–Crippen MR) is 148 cm³/mol. The van der Waals surface area contributed by atoms with E-state index in [2.05, 4.69) is 141 Å². The van der Waals surface area contributed by atoms with Crippen molar-refractivity contribution < 1.29 is 0 Å². The fraction of sp³-hybridized carbons (Fsp3) is 0. The van der Waals surface area contributed by atoms with E-state index in [4.69, 9.17) is 0 Å². The molecule has 0 atom stereocenters. The molecule has 3 heteroatoms. The number of nitrogens with zero attached hydrogens (tertiary/aromatic N) is 1. The minimum atomic E-state index is 1.17. The molecule has 0 radical (unpaired) electrons. The molecule has 0 amide bonds. The highest BCUT2D eigenvalue weighted by Gasteiger charge is 2.20. The molecule has 7 aromatic rings. The van der Waals surface area contributed by atoms with Crippen LogP contribution in [0.3, 0.4) is 0 Å². The average molecular weight is 534 g/mol. The highest BCUT2D eigenvalue weighted by atomic mass is 127. The predicted octanol–water partition coefficient (Wildman–Crippen LogP) is 8.69. The van der Waals surface area contributed by atoms with Crippen LogP contribution in [0.5, 0.6) is 0 Å². The maximum absolute atomic E-state index is 3.63. The number of para-hydroxylation sites is 2. The van der Waals surface area contributed by atoms with E-state index in [0.717, 1.165) is 0 Å². The summed E-state index contributed by atoms with van der Waals surface area (Å²) >= 11 is 2.38. The first-order valence-electron chi connectivity index (χ1n) is 11.1. The third kappa shape index (κ3) is 2.79. The summed E-state index contributed by atoms with van der Waals surface area (Å²) in [4.78, 5) is 3.63. The van der Waals surface area contributed by atoms with Gasteiger partial charge in [0.15, 0.2) is 0 Å². The summed E-state index contributed by atoms with van der Waals surface area (Å²) in [6.07, 6.45) is 0. The number of halogens is 1. The second-order valence-corrected chi connectivity index (χ2v) is 9.68. The molecule has 5 aromatic carbocycles. The Bertz CT molecular complexity index is 1810. The first-order chi connectivity index (χ1) is 16.3. The van der Waals surface area contributed by atoms with Gasteiger partial charge in [-0.25, -0.2) is 0 Å². The van der Waals surface area contributed by atoms with E-state index in [0.29, 0.717) is 0 Å². The lowest BCUT2D eigenvalue weighted by Gasteiger charge is -2.12. The number of nitrogens with one attached hydrogen (secondary N) is 1. The minimum absolute atomic E-state index is 1.17. The maximum Gasteiger partial charge on any atom is 0.0641 e. The van der Waals surface area contributed by atoms with Crippen molar-refractivity contribution in [2.24, 2.45) is 0 Å². The van der Waals surface area contributed by atoms with E-state index in [1.165, 1.54) is 64.0 Å². The lowest BCUT2D eigenvalue weighted by molar-refractivity contribution is 1.19. The zero-order chi connectivity index (χ0) is 21.9. The van der Waals surface area contributed by atoms with Gasteiger partial charge in [0.05, 0.1) is 11.0 Å². The number of fused-ring (bicyclic) bond motifs is 7. The summed E-state index contributed by atoms with van der Waals surface area (Å²) in [5.41, 5.74) is 8.49. The third-order valence-corrected chi connectivity index (χ3v) is 7.31. The molecule has 7 rings (SSSR count). The molecule has 2 heterocycles. The molecule has 0 aliphatic rings. The average Bonchev–Trinajstić information content (AvgIpc) is 3.41. The topological polar surface area (TPSA) is 20.7 Å². The van der Waals surface area contributed by atoms with Crippen LogP contribution in [0, 0.1) is 3.57 Å². The van der Waals surface area contributed by atoms with Gasteiger partial charge in [-0.2, -0.15) is 0 Å². The van der Waals surface area contributed by atoms with Crippen molar-refractivity contribution in [3.05, 3.63) is 113 Å². The molecule has 0 fully saturated rings. The van der Waals surface area contributed by atoms with Crippen LogP contribution < -0.4 is 0 Å². The first kappa shape index (κ1) is 18.9. The van der Waals surface area contributed by atoms with Crippen LogP contribution in [0.2, 0.25) is 0 Å². The van der Waals surface area contributed by atoms with Gasteiger partial charge in [0, 0.05) is 47.4 Å². The molecule has 156 valence electrons. The van der Waals surface area contributed by atoms with Gasteiger partial charge >= 0.3 is 0 Å². The Kier molecular flexibility index (Phi) is 4.15. The van der Waals surface area contributed by atoms with Gasteiger partial charge in [0.2, 0.25) is 0 Å². The largest absolute Gasteiger partial charge is 0.354 e. The van der Waals surface area contributed by atoms with Crippen LogP contribution >= 0.6 is 22.6 Å². The molecule has 1 N–H and O–H groups in total. The Morgan fingerprint density at radius 1 is 0.545 bits per heavy atom. The summed E-state index contributed by atoms with van der Waals surface area (Å²) in [5.74, 6) is 0. The van der Waals surface area contributed by atoms with Crippen LogP contribution in [0.15, 0.2) is 109 Å². The van der Waals surface area contributed by atoms with Crippen LogP contribution in [0.25, 0.3) is 60.4 Å². The Hall–Kier alpha value is -3.57. The summed E-state index contributed by atoms with van der Waals surface area (Å²) in [7, 11) is 0. The SMILES string of the molecule is Ic1ccc(-n2c3c(-c4ccccc4)cccc3c3ccc4[nH]c5ccccc5c4c32)cc1. The Balaban J connectivity index is 1.76. The van der Waals surface area contributed by atoms with Gasteiger partial charge in [-0.1, -0.05) is 72.8 Å². The van der Waals surface area contributed by atoms with Crippen molar-refractivity contribution in [2.45, 2.75) is 0 Å². The zero-order valence-electron chi connectivity index (χ0n) is 17.7. The van der Waals surface area contributed by atoms with Gasteiger partial charge in [-0.05, 0) is 64.6 Å². The van der Waals surface area contributed by atoms with E-state index in [9.17, 15) is 0 Å². The monoisotopic (exact) mass is 534 g/mol. The molecule has 0 spiro atoms. The van der Waals surface area contributed by atoms with Gasteiger partial charge in [0.1, 0.15) is 0 Å². The van der Waals surface area contributed by atoms with E-state index in [1.807, 2.05) is 0 Å². The van der Waals surface area contributed by atoms with Crippen molar-refractivity contribution in [2.75, 3.05) is 0 Å². The zero-order valence-corrected chi connectivity index (χ0v) is 19.9. The van der Waals surface area contributed by atoms with Gasteiger partial charge < -0.3 is 9.55 Å². The third-order valence-electron chi connectivity index (χ3n) is 6.59. The maximum atomic E-state index is 3.63. The van der Waals surface area contributed by atoms with Crippen molar-refractivity contribution in [1.29, 1.82) is 0 Å². The number of hydrogen-bond acceptors (Lipinski definition) is 0. The number of aromatic amines is 1. The van der Waals surface area contributed by atoms with E-state index in [1.54, 1.807) is 0 Å². The molecular weight excluding hydrogens is 515 g/mol. The Morgan fingerprint density at radius 2 is 1.27 bits per heavy atom. The summed E-state index contributed by atoms with van der Waals surface area (Å²) in [5, 5.41) is 5.08. The van der Waals surface area contributed by atoms with E-state index >= 15 is 0 Å². The van der Waals surface area contributed by atoms with Gasteiger partial charge in [0.25, 0.3) is 0 Å². The molecule has 2 aromatic heterocycles. The fourth-order valence-corrected chi connectivity index (χ4v) is 5.54. The summed E-state index contributed by atoms with van der Waals surface area (Å²) in [6, 6.07) is 39.3. The number of hydrogen-bond donors (Lipinski definition) is 1. The minimum Gasteiger partial charge on any atom is -0.354 e.